The normalized spacial score (nSPS) is 14.9. The molecule has 1 aromatic carbocycles. The molecule has 0 atom stereocenters. The number of nitrogen functional groups attached to an aromatic ring is 1. The van der Waals surface area contributed by atoms with Crippen LogP contribution in [0.2, 0.25) is 5.02 Å². The Morgan fingerprint density at radius 2 is 1.89 bits per heavy atom. The van der Waals surface area contributed by atoms with E-state index in [0.29, 0.717) is 16.8 Å². The lowest BCUT2D eigenvalue weighted by Crippen LogP contribution is -2.21. The zero-order chi connectivity index (χ0) is 13.2. The molecule has 98 valence electrons. The predicted octanol–water partition coefficient (Wildman–Crippen LogP) is 2.37. The second kappa shape index (κ2) is 5.01. The van der Waals surface area contributed by atoms with Gasteiger partial charge in [0.05, 0.1) is 0 Å². The Morgan fingerprint density at radius 3 is 2.63 bits per heavy atom. The van der Waals surface area contributed by atoms with E-state index in [9.17, 15) is 0 Å². The molecule has 0 saturated carbocycles. The summed E-state index contributed by atoms with van der Waals surface area (Å²) in [7, 11) is 0. The minimum Gasteiger partial charge on any atom is -0.368 e. The Labute approximate surface area is 116 Å². The molecule has 1 aliphatic rings. The monoisotopic (exact) mass is 275 g/mol. The topological polar surface area (TPSA) is 67.9 Å². The van der Waals surface area contributed by atoms with E-state index in [1.807, 2.05) is 24.3 Å². The van der Waals surface area contributed by atoms with Crippen molar-refractivity contribution in [1.29, 1.82) is 0 Å². The van der Waals surface area contributed by atoms with E-state index in [2.05, 4.69) is 19.9 Å². The highest BCUT2D eigenvalue weighted by Gasteiger charge is 2.17. The predicted molar refractivity (Wildman–Crippen MR) is 76.1 cm³/mol. The maximum Gasteiger partial charge on any atom is 0.230 e. The van der Waals surface area contributed by atoms with Crippen LogP contribution in [0.15, 0.2) is 24.3 Å². The third kappa shape index (κ3) is 2.61. The smallest absolute Gasteiger partial charge is 0.230 e. The van der Waals surface area contributed by atoms with Gasteiger partial charge in [0.25, 0.3) is 0 Å². The standard InChI is InChI=1S/C13H14ClN5/c14-10-5-3-4-9(8-10)11-16-12(15)18-13(17-11)19-6-1-2-7-19/h3-5,8H,1-2,6-7H2,(H2,15,16,17,18). The molecule has 2 heterocycles. The van der Waals surface area contributed by atoms with Gasteiger partial charge in [0, 0.05) is 23.7 Å². The van der Waals surface area contributed by atoms with Crippen LogP contribution in [0.25, 0.3) is 11.4 Å². The summed E-state index contributed by atoms with van der Waals surface area (Å²) in [5.74, 6) is 1.46. The van der Waals surface area contributed by atoms with E-state index in [-0.39, 0.29) is 5.95 Å². The number of halogens is 1. The number of rotatable bonds is 2. The van der Waals surface area contributed by atoms with Crippen molar-refractivity contribution in [3.05, 3.63) is 29.3 Å². The van der Waals surface area contributed by atoms with Crippen LogP contribution in [0.3, 0.4) is 0 Å². The highest BCUT2D eigenvalue weighted by Crippen LogP contribution is 2.23. The van der Waals surface area contributed by atoms with Crippen molar-refractivity contribution in [2.45, 2.75) is 12.8 Å². The molecule has 0 aliphatic carbocycles. The molecule has 6 heteroatoms. The van der Waals surface area contributed by atoms with Gasteiger partial charge in [0.2, 0.25) is 11.9 Å². The zero-order valence-electron chi connectivity index (χ0n) is 10.4. The van der Waals surface area contributed by atoms with Crippen LogP contribution in [0, 0.1) is 0 Å². The Kier molecular flexibility index (Phi) is 3.21. The average molecular weight is 276 g/mol. The van der Waals surface area contributed by atoms with E-state index in [0.717, 1.165) is 31.5 Å². The lowest BCUT2D eigenvalue weighted by molar-refractivity contribution is 0.887. The van der Waals surface area contributed by atoms with E-state index in [1.54, 1.807) is 0 Å². The number of hydrogen-bond donors (Lipinski definition) is 1. The molecular weight excluding hydrogens is 262 g/mol. The number of anilines is 2. The zero-order valence-corrected chi connectivity index (χ0v) is 11.1. The van der Waals surface area contributed by atoms with Crippen LogP contribution < -0.4 is 10.6 Å². The van der Waals surface area contributed by atoms with Gasteiger partial charge in [-0.1, -0.05) is 23.7 Å². The first kappa shape index (κ1) is 12.2. The Morgan fingerprint density at radius 1 is 1.11 bits per heavy atom. The number of nitrogens with two attached hydrogens (primary N) is 1. The molecule has 2 aromatic rings. The minimum absolute atomic E-state index is 0.242. The van der Waals surface area contributed by atoms with Crippen LogP contribution in [0.1, 0.15) is 12.8 Å². The van der Waals surface area contributed by atoms with Gasteiger partial charge in [-0.05, 0) is 25.0 Å². The van der Waals surface area contributed by atoms with Crippen molar-refractivity contribution < 1.29 is 0 Å². The second-order valence-electron chi connectivity index (χ2n) is 4.52. The average Bonchev–Trinajstić information content (AvgIpc) is 2.92. The fourth-order valence-corrected chi connectivity index (χ4v) is 2.39. The first-order chi connectivity index (χ1) is 9.22. The Hall–Kier alpha value is -1.88. The summed E-state index contributed by atoms with van der Waals surface area (Å²) in [4.78, 5) is 15.0. The molecule has 0 spiro atoms. The molecule has 0 radical (unpaired) electrons. The van der Waals surface area contributed by atoms with Crippen LogP contribution in [0.5, 0.6) is 0 Å². The molecule has 0 unspecified atom stereocenters. The summed E-state index contributed by atoms with van der Waals surface area (Å²) in [6, 6.07) is 7.42. The fourth-order valence-electron chi connectivity index (χ4n) is 2.20. The summed E-state index contributed by atoms with van der Waals surface area (Å²) in [5, 5.41) is 0.652. The Balaban J connectivity index is 2.01. The van der Waals surface area contributed by atoms with Gasteiger partial charge in [0.1, 0.15) is 0 Å². The third-order valence-corrected chi connectivity index (χ3v) is 3.35. The molecule has 2 N–H and O–H groups in total. The number of nitrogens with zero attached hydrogens (tertiary/aromatic N) is 4. The van der Waals surface area contributed by atoms with Gasteiger partial charge in [-0.2, -0.15) is 15.0 Å². The van der Waals surface area contributed by atoms with E-state index in [1.165, 1.54) is 0 Å². The molecule has 1 aromatic heterocycles. The van der Waals surface area contributed by atoms with Gasteiger partial charge in [-0.25, -0.2) is 0 Å². The van der Waals surface area contributed by atoms with Crippen molar-refractivity contribution in [1.82, 2.24) is 15.0 Å². The molecule has 19 heavy (non-hydrogen) atoms. The molecule has 3 rings (SSSR count). The first-order valence-corrected chi connectivity index (χ1v) is 6.62. The summed E-state index contributed by atoms with van der Waals surface area (Å²) >= 11 is 5.99. The highest BCUT2D eigenvalue weighted by molar-refractivity contribution is 6.30. The van der Waals surface area contributed by atoms with Crippen molar-refractivity contribution in [3.63, 3.8) is 0 Å². The SMILES string of the molecule is Nc1nc(-c2cccc(Cl)c2)nc(N2CCCC2)n1. The van der Waals surface area contributed by atoms with Crippen molar-refractivity contribution in [2.75, 3.05) is 23.7 Å². The van der Waals surface area contributed by atoms with Crippen LogP contribution >= 0.6 is 11.6 Å². The summed E-state index contributed by atoms with van der Waals surface area (Å²) in [6.45, 7) is 1.94. The summed E-state index contributed by atoms with van der Waals surface area (Å²) < 4.78 is 0. The van der Waals surface area contributed by atoms with Crippen molar-refractivity contribution >= 4 is 23.5 Å². The van der Waals surface area contributed by atoms with Crippen LogP contribution in [-0.2, 0) is 0 Å². The van der Waals surface area contributed by atoms with E-state index in [4.69, 9.17) is 17.3 Å². The van der Waals surface area contributed by atoms with Crippen LogP contribution in [-0.4, -0.2) is 28.0 Å². The fraction of sp³-hybridized carbons (Fsp3) is 0.308. The molecule has 5 nitrogen and oxygen atoms in total. The molecular formula is C13H14ClN5. The molecule has 0 bridgehead atoms. The van der Waals surface area contributed by atoms with Crippen molar-refractivity contribution in [3.8, 4) is 11.4 Å². The lowest BCUT2D eigenvalue weighted by Gasteiger charge is -2.15. The van der Waals surface area contributed by atoms with E-state index >= 15 is 0 Å². The number of benzene rings is 1. The number of aromatic nitrogens is 3. The number of hydrogen-bond acceptors (Lipinski definition) is 5. The molecule has 1 fully saturated rings. The van der Waals surface area contributed by atoms with Gasteiger partial charge in [0.15, 0.2) is 5.82 Å². The summed E-state index contributed by atoms with van der Waals surface area (Å²) in [5.41, 5.74) is 6.63. The van der Waals surface area contributed by atoms with Gasteiger partial charge in [-0.15, -0.1) is 0 Å². The maximum absolute atomic E-state index is 5.99. The first-order valence-electron chi connectivity index (χ1n) is 6.25. The molecule has 0 amide bonds. The van der Waals surface area contributed by atoms with Crippen molar-refractivity contribution in [2.24, 2.45) is 0 Å². The summed E-state index contributed by atoms with van der Waals surface area (Å²) in [6.07, 6.45) is 2.33. The molecule has 1 aliphatic heterocycles. The Bertz CT molecular complexity index is 595. The third-order valence-electron chi connectivity index (χ3n) is 3.11. The highest BCUT2D eigenvalue weighted by atomic mass is 35.5. The maximum atomic E-state index is 5.99. The quantitative estimate of drug-likeness (QED) is 0.911. The lowest BCUT2D eigenvalue weighted by atomic mass is 10.2. The van der Waals surface area contributed by atoms with E-state index < -0.39 is 0 Å². The largest absolute Gasteiger partial charge is 0.368 e. The van der Waals surface area contributed by atoms with Gasteiger partial charge in [-0.3, -0.25) is 0 Å². The second-order valence-corrected chi connectivity index (χ2v) is 4.96. The van der Waals surface area contributed by atoms with Crippen LogP contribution in [0.4, 0.5) is 11.9 Å². The van der Waals surface area contributed by atoms with Gasteiger partial charge >= 0.3 is 0 Å². The minimum atomic E-state index is 0.242. The molecule has 1 saturated heterocycles. The van der Waals surface area contributed by atoms with Gasteiger partial charge < -0.3 is 10.6 Å².